The second kappa shape index (κ2) is 8.54. The van der Waals surface area contributed by atoms with Gasteiger partial charge in [0.1, 0.15) is 23.1 Å². The molecule has 1 aliphatic heterocycles. The summed E-state index contributed by atoms with van der Waals surface area (Å²) in [6, 6.07) is 11.1. The van der Waals surface area contributed by atoms with Gasteiger partial charge in [-0.2, -0.15) is 0 Å². The van der Waals surface area contributed by atoms with Gasteiger partial charge in [0, 0.05) is 13.1 Å². The van der Waals surface area contributed by atoms with Crippen LogP contribution in [0.5, 0.6) is 5.75 Å². The first-order valence-corrected chi connectivity index (χ1v) is 9.70. The number of fused-ring (bicyclic) bond motifs is 1. The largest absolute Gasteiger partial charge is 0.505 e. The minimum absolute atomic E-state index is 0.0198. The van der Waals surface area contributed by atoms with Crippen LogP contribution >= 0.6 is 0 Å². The van der Waals surface area contributed by atoms with Crippen LogP contribution in [0.2, 0.25) is 0 Å². The number of pyridine rings is 1. The summed E-state index contributed by atoms with van der Waals surface area (Å²) >= 11 is 0. The molecule has 0 unspecified atom stereocenters. The number of amides is 3. The van der Waals surface area contributed by atoms with Crippen LogP contribution in [-0.4, -0.2) is 39.3 Å². The Morgan fingerprint density at radius 2 is 1.47 bits per heavy atom. The van der Waals surface area contributed by atoms with E-state index < -0.39 is 35.1 Å². The first-order chi connectivity index (χ1) is 15.3. The molecule has 2 N–H and O–H groups in total. The molecule has 0 saturated heterocycles. The summed E-state index contributed by atoms with van der Waals surface area (Å²) in [7, 11) is 0. The number of nitrogens with zero attached hydrogens (tertiary/aromatic N) is 2. The maximum atomic E-state index is 13.1. The molecular weight excluding hydrogens is 420 g/mol. The summed E-state index contributed by atoms with van der Waals surface area (Å²) in [5.74, 6) is -3.52. The molecule has 7 nitrogen and oxygen atoms in total. The van der Waals surface area contributed by atoms with Gasteiger partial charge in [-0.1, -0.05) is 24.3 Å². The Labute approximate surface area is 181 Å². The normalized spacial score (nSPS) is 12.8. The molecule has 162 valence electrons. The highest BCUT2D eigenvalue weighted by Gasteiger charge is 2.41. The highest BCUT2D eigenvalue weighted by Crippen LogP contribution is 2.31. The van der Waals surface area contributed by atoms with Gasteiger partial charge in [0.05, 0.1) is 17.3 Å². The third-order valence-corrected chi connectivity index (χ3v) is 5.10. The number of hydrogen-bond acceptors (Lipinski definition) is 5. The number of nitrogens with one attached hydrogen (secondary N) is 1. The zero-order valence-electron chi connectivity index (χ0n) is 16.6. The highest BCUT2D eigenvalue weighted by atomic mass is 19.1. The Balaban J connectivity index is 1.54. The Hall–Kier alpha value is -4.14. The number of hydrogen-bond donors (Lipinski definition) is 2. The zero-order valence-corrected chi connectivity index (χ0v) is 16.6. The topological polar surface area (TPSA) is 99.6 Å². The Kier molecular flexibility index (Phi) is 5.63. The van der Waals surface area contributed by atoms with Crippen molar-refractivity contribution >= 4 is 17.7 Å². The fraction of sp³-hybridized carbons (Fsp3) is 0.130. The van der Waals surface area contributed by atoms with Gasteiger partial charge in [-0.05, 0) is 41.8 Å². The third kappa shape index (κ3) is 4.04. The molecule has 0 fully saturated rings. The molecule has 2 aromatic carbocycles. The van der Waals surface area contributed by atoms with Gasteiger partial charge in [0.15, 0.2) is 0 Å². The number of rotatable bonds is 6. The Morgan fingerprint density at radius 1 is 0.906 bits per heavy atom. The van der Waals surface area contributed by atoms with E-state index in [0.29, 0.717) is 11.1 Å². The molecule has 4 rings (SSSR count). The second-order valence-corrected chi connectivity index (χ2v) is 7.19. The van der Waals surface area contributed by atoms with Crippen molar-refractivity contribution in [3.05, 3.63) is 94.3 Å². The molecule has 3 amide bonds. The van der Waals surface area contributed by atoms with Crippen LogP contribution < -0.4 is 5.32 Å². The molecule has 0 bridgehead atoms. The summed E-state index contributed by atoms with van der Waals surface area (Å²) in [5, 5.41) is 12.7. The average Bonchev–Trinajstić information content (AvgIpc) is 3.04. The van der Waals surface area contributed by atoms with E-state index in [9.17, 15) is 28.3 Å². The standard InChI is InChI=1S/C23H17F2N3O4/c24-15-5-1-13(2-6-15)9-10-28-22(31)18-17(29)12-26-20(19(18)23(28)32)21(30)27-11-14-3-7-16(25)8-4-14/h1-8,12,29H,9-11H2,(H,27,30). The smallest absolute Gasteiger partial charge is 0.271 e. The van der Waals surface area contributed by atoms with Gasteiger partial charge >= 0.3 is 0 Å². The van der Waals surface area contributed by atoms with Crippen molar-refractivity contribution in [2.24, 2.45) is 0 Å². The quantitative estimate of drug-likeness (QED) is 0.578. The second-order valence-electron chi connectivity index (χ2n) is 7.19. The van der Waals surface area contributed by atoms with E-state index in [1.807, 2.05) is 0 Å². The lowest BCUT2D eigenvalue weighted by Gasteiger charge is -2.13. The number of carbonyl (C=O) groups is 3. The van der Waals surface area contributed by atoms with Crippen molar-refractivity contribution in [2.75, 3.05) is 6.54 Å². The van der Waals surface area contributed by atoms with E-state index in [-0.39, 0.29) is 36.3 Å². The van der Waals surface area contributed by atoms with Crippen LogP contribution in [0.3, 0.4) is 0 Å². The molecule has 0 atom stereocenters. The molecule has 1 aliphatic rings. The Bertz CT molecular complexity index is 1210. The van der Waals surface area contributed by atoms with Crippen LogP contribution in [0.4, 0.5) is 8.78 Å². The predicted octanol–water partition coefficient (Wildman–Crippen LogP) is 2.83. The van der Waals surface area contributed by atoms with Crippen molar-refractivity contribution in [1.29, 1.82) is 0 Å². The molecule has 32 heavy (non-hydrogen) atoms. The van der Waals surface area contributed by atoms with Gasteiger partial charge in [-0.25, -0.2) is 13.8 Å². The monoisotopic (exact) mass is 437 g/mol. The van der Waals surface area contributed by atoms with Crippen molar-refractivity contribution in [3.63, 3.8) is 0 Å². The first-order valence-electron chi connectivity index (χ1n) is 9.70. The number of benzene rings is 2. The summed E-state index contributed by atoms with van der Waals surface area (Å²) in [6.07, 6.45) is 1.21. The maximum Gasteiger partial charge on any atom is 0.271 e. The molecular formula is C23H17F2N3O4. The van der Waals surface area contributed by atoms with Crippen LogP contribution in [0.15, 0.2) is 54.7 Å². The van der Waals surface area contributed by atoms with Gasteiger partial charge in [0.25, 0.3) is 17.7 Å². The van der Waals surface area contributed by atoms with E-state index in [0.717, 1.165) is 11.1 Å². The number of imide groups is 1. The first kappa shape index (κ1) is 21.1. The summed E-state index contributed by atoms with van der Waals surface area (Å²) in [6.45, 7) is 0.0287. The number of aromatic hydroxyl groups is 1. The lowest BCUT2D eigenvalue weighted by atomic mass is 10.1. The highest BCUT2D eigenvalue weighted by molar-refractivity contribution is 6.25. The molecule has 0 radical (unpaired) electrons. The van der Waals surface area contributed by atoms with Crippen LogP contribution in [0.25, 0.3) is 0 Å². The van der Waals surface area contributed by atoms with E-state index in [2.05, 4.69) is 10.3 Å². The summed E-state index contributed by atoms with van der Waals surface area (Å²) < 4.78 is 26.1. The zero-order chi connectivity index (χ0) is 22.8. The van der Waals surface area contributed by atoms with Gasteiger partial charge in [-0.15, -0.1) is 0 Å². The van der Waals surface area contributed by atoms with Crippen molar-refractivity contribution in [1.82, 2.24) is 15.2 Å². The molecule has 3 aromatic rings. The molecule has 0 aliphatic carbocycles. The van der Waals surface area contributed by atoms with Crippen molar-refractivity contribution in [3.8, 4) is 5.75 Å². The lowest BCUT2D eigenvalue weighted by molar-refractivity contribution is 0.0653. The van der Waals surface area contributed by atoms with E-state index in [1.165, 1.54) is 36.4 Å². The third-order valence-electron chi connectivity index (χ3n) is 5.10. The molecule has 0 saturated carbocycles. The summed E-state index contributed by atoms with van der Waals surface area (Å²) in [5.41, 5.74) is 0.491. The SMILES string of the molecule is O=C(NCc1ccc(F)cc1)c1ncc(O)c2c1C(=O)N(CCc1ccc(F)cc1)C2=O. The fourth-order valence-corrected chi connectivity index (χ4v) is 3.42. The minimum atomic E-state index is -0.748. The van der Waals surface area contributed by atoms with Crippen molar-refractivity contribution < 1.29 is 28.3 Å². The number of halogens is 2. The minimum Gasteiger partial charge on any atom is -0.505 e. The van der Waals surface area contributed by atoms with Crippen LogP contribution in [0.1, 0.15) is 42.3 Å². The van der Waals surface area contributed by atoms with E-state index >= 15 is 0 Å². The van der Waals surface area contributed by atoms with E-state index in [4.69, 9.17) is 0 Å². The Morgan fingerprint density at radius 3 is 2.09 bits per heavy atom. The van der Waals surface area contributed by atoms with Gasteiger partial charge < -0.3 is 10.4 Å². The predicted molar refractivity (Wildman–Crippen MR) is 109 cm³/mol. The van der Waals surface area contributed by atoms with Crippen molar-refractivity contribution in [2.45, 2.75) is 13.0 Å². The number of aromatic nitrogens is 1. The van der Waals surface area contributed by atoms with Gasteiger partial charge in [0.2, 0.25) is 0 Å². The molecule has 1 aromatic heterocycles. The lowest BCUT2D eigenvalue weighted by Crippen LogP contribution is -2.32. The maximum absolute atomic E-state index is 13.1. The van der Waals surface area contributed by atoms with E-state index in [1.54, 1.807) is 12.1 Å². The molecule has 9 heteroatoms. The van der Waals surface area contributed by atoms with Gasteiger partial charge in [-0.3, -0.25) is 19.3 Å². The molecule has 0 spiro atoms. The molecule has 2 heterocycles. The van der Waals surface area contributed by atoms with Crippen LogP contribution in [0, 0.1) is 11.6 Å². The van der Waals surface area contributed by atoms with Crippen LogP contribution in [-0.2, 0) is 13.0 Å². The fourth-order valence-electron chi connectivity index (χ4n) is 3.42. The number of carbonyl (C=O) groups excluding carboxylic acids is 3. The average molecular weight is 437 g/mol. The summed E-state index contributed by atoms with van der Waals surface area (Å²) in [4.78, 5) is 43.2.